The SMILES string of the molecule is Cc1ccc(CCC(C)O)cc1O. The van der Waals surface area contributed by atoms with Gasteiger partial charge in [-0.1, -0.05) is 12.1 Å². The van der Waals surface area contributed by atoms with Crippen LogP contribution in [0.2, 0.25) is 0 Å². The van der Waals surface area contributed by atoms with Gasteiger partial charge in [0.15, 0.2) is 0 Å². The molecule has 0 fully saturated rings. The van der Waals surface area contributed by atoms with Gasteiger partial charge in [0.2, 0.25) is 0 Å². The summed E-state index contributed by atoms with van der Waals surface area (Å²) in [6, 6.07) is 5.64. The molecule has 0 heterocycles. The smallest absolute Gasteiger partial charge is 0.118 e. The molecule has 72 valence electrons. The number of aryl methyl sites for hydroxylation is 2. The predicted octanol–water partition coefficient (Wildman–Crippen LogP) is 2.01. The number of aromatic hydroxyl groups is 1. The van der Waals surface area contributed by atoms with Crippen LogP contribution in [0.1, 0.15) is 24.5 Å². The molecule has 1 rings (SSSR count). The fraction of sp³-hybridized carbons (Fsp3) is 0.455. The van der Waals surface area contributed by atoms with E-state index in [-0.39, 0.29) is 6.10 Å². The summed E-state index contributed by atoms with van der Waals surface area (Å²) >= 11 is 0. The van der Waals surface area contributed by atoms with Crippen LogP contribution < -0.4 is 0 Å². The Morgan fingerprint density at radius 3 is 2.62 bits per heavy atom. The van der Waals surface area contributed by atoms with E-state index in [2.05, 4.69) is 0 Å². The van der Waals surface area contributed by atoms with Crippen LogP contribution in [0, 0.1) is 6.92 Å². The minimum Gasteiger partial charge on any atom is -0.508 e. The van der Waals surface area contributed by atoms with Crippen LogP contribution >= 0.6 is 0 Å². The lowest BCUT2D eigenvalue weighted by atomic mass is 10.1. The van der Waals surface area contributed by atoms with Crippen LogP contribution in [-0.2, 0) is 6.42 Å². The van der Waals surface area contributed by atoms with Gasteiger partial charge in [0, 0.05) is 0 Å². The van der Waals surface area contributed by atoms with Crippen molar-refractivity contribution in [3.8, 4) is 5.75 Å². The van der Waals surface area contributed by atoms with Gasteiger partial charge in [0.1, 0.15) is 5.75 Å². The van der Waals surface area contributed by atoms with Gasteiger partial charge in [-0.2, -0.15) is 0 Å². The Labute approximate surface area is 78.8 Å². The lowest BCUT2D eigenvalue weighted by Gasteiger charge is -2.05. The van der Waals surface area contributed by atoms with Gasteiger partial charge >= 0.3 is 0 Å². The molecule has 0 aliphatic carbocycles. The first-order chi connectivity index (χ1) is 6.09. The van der Waals surface area contributed by atoms with E-state index >= 15 is 0 Å². The molecule has 0 aliphatic rings. The summed E-state index contributed by atoms with van der Waals surface area (Å²) in [6.45, 7) is 3.64. The third-order valence-corrected chi connectivity index (χ3v) is 2.12. The molecule has 2 heteroatoms. The first-order valence-corrected chi connectivity index (χ1v) is 4.56. The fourth-order valence-corrected chi connectivity index (χ4v) is 1.19. The monoisotopic (exact) mass is 180 g/mol. The van der Waals surface area contributed by atoms with E-state index in [1.54, 1.807) is 13.0 Å². The molecule has 1 atom stereocenters. The third kappa shape index (κ3) is 3.07. The molecule has 0 saturated carbocycles. The summed E-state index contributed by atoms with van der Waals surface area (Å²) in [5, 5.41) is 18.5. The van der Waals surface area contributed by atoms with E-state index in [1.165, 1.54) is 0 Å². The Kier molecular flexibility index (Phi) is 3.32. The van der Waals surface area contributed by atoms with Crippen LogP contribution in [0.15, 0.2) is 18.2 Å². The second kappa shape index (κ2) is 4.28. The summed E-state index contributed by atoms with van der Waals surface area (Å²) in [4.78, 5) is 0. The van der Waals surface area contributed by atoms with Gasteiger partial charge in [0.05, 0.1) is 6.10 Å². The molecular formula is C11H16O2. The number of benzene rings is 1. The molecule has 13 heavy (non-hydrogen) atoms. The van der Waals surface area contributed by atoms with Crippen molar-refractivity contribution in [2.24, 2.45) is 0 Å². The molecule has 1 unspecified atom stereocenters. The topological polar surface area (TPSA) is 40.5 Å². The van der Waals surface area contributed by atoms with E-state index in [9.17, 15) is 5.11 Å². The van der Waals surface area contributed by atoms with Crippen molar-refractivity contribution in [2.75, 3.05) is 0 Å². The van der Waals surface area contributed by atoms with Gasteiger partial charge in [0.25, 0.3) is 0 Å². The molecule has 0 aromatic heterocycles. The zero-order valence-electron chi connectivity index (χ0n) is 8.12. The normalized spacial score (nSPS) is 12.8. The highest BCUT2D eigenvalue weighted by Crippen LogP contribution is 2.18. The summed E-state index contributed by atoms with van der Waals surface area (Å²) < 4.78 is 0. The Bertz CT molecular complexity index is 279. The van der Waals surface area contributed by atoms with Crippen molar-refractivity contribution in [3.05, 3.63) is 29.3 Å². The van der Waals surface area contributed by atoms with Crippen molar-refractivity contribution in [3.63, 3.8) is 0 Å². The zero-order chi connectivity index (χ0) is 9.84. The number of aliphatic hydroxyl groups is 1. The Hall–Kier alpha value is -1.02. The molecule has 0 spiro atoms. The first kappa shape index (κ1) is 10.1. The van der Waals surface area contributed by atoms with Crippen molar-refractivity contribution >= 4 is 0 Å². The second-order valence-corrected chi connectivity index (χ2v) is 3.51. The fourth-order valence-electron chi connectivity index (χ4n) is 1.19. The summed E-state index contributed by atoms with van der Waals surface area (Å²) in [5.74, 6) is 0.336. The molecule has 2 nitrogen and oxygen atoms in total. The van der Waals surface area contributed by atoms with Crippen LogP contribution in [-0.4, -0.2) is 16.3 Å². The highest BCUT2D eigenvalue weighted by molar-refractivity contribution is 5.35. The number of hydrogen-bond acceptors (Lipinski definition) is 2. The second-order valence-electron chi connectivity index (χ2n) is 3.51. The molecule has 0 bridgehead atoms. The minimum atomic E-state index is -0.275. The molecular weight excluding hydrogens is 164 g/mol. The quantitative estimate of drug-likeness (QED) is 0.747. The van der Waals surface area contributed by atoms with Gasteiger partial charge in [-0.15, -0.1) is 0 Å². The highest BCUT2D eigenvalue weighted by atomic mass is 16.3. The average Bonchev–Trinajstić information content (AvgIpc) is 2.07. The number of aliphatic hydroxyl groups excluding tert-OH is 1. The number of phenols is 1. The van der Waals surface area contributed by atoms with Gasteiger partial charge in [-0.05, 0) is 43.9 Å². The zero-order valence-corrected chi connectivity index (χ0v) is 8.12. The molecule has 0 amide bonds. The third-order valence-electron chi connectivity index (χ3n) is 2.12. The Morgan fingerprint density at radius 2 is 2.08 bits per heavy atom. The van der Waals surface area contributed by atoms with E-state index < -0.39 is 0 Å². The van der Waals surface area contributed by atoms with Crippen LogP contribution in [0.5, 0.6) is 5.75 Å². The number of hydrogen-bond donors (Lipinski definition) is 2. The van der Waals surface area contributed by atoms with Crippen LogP contribution in [0.4, 0.5) is 0 Å². The maximum atomic E-state index is 9.40. The molecule has 0 radical (unpaired) electrons. The summed E-state index contributed by atoms with van der Waals surface area (Å²) in [5.41, 5.74) is 1.96. The Balaban J connectivity index is 2.63. The number of rotatable bonds is 3. The first-order valence-electron chi connectivity index (χ1n) is 4.56. The standard InChI is InChI=1S/C11H16O2/c1-8-3-5-10(7-11(8)13)6-4-9(2)12/h3,5,7,9,12-13H,4,6H2,1-2H3. The van der Waals surface area contributed by atoms with E-state index in [0.29, 0.717) is 5.75 Å². The van der Waals surface area contributed by atoms with Gasteiger partial charge < -0.3 is 10.2 Å². The van der Waals surface area contributed by atoms with Crippen molar-refractivity contribution < 1.29 is 10.2 Å². The number of phenolic OH excluding ortho intramolecular Hbond substituents is 1. The van der Waals surface area contributed by atoms with Crippen molar-refractivity contribution in [1.82, 2.24) is 0 Å². The summed E-state index contributed by atoms with van der Waals surface area (Å²) in [7, 11) is 0. The average molecular weight is 180 g/mol. The van der Waals surface area contributed by atoms with Crippen LogP contribution in [0.25, 0.3) is 0 Å². The van der Waals surface area contributed by atoms with Gasteiger partial charge in [-0.3, -0.25) is 0 Å². The molecule has 1 aromatic rings. The summed E-state index contributed by atoms with van der Waals surface area (Å²) in [6.07, 6.45) is 1.28. The minimum absolute atomic E-state index is 0.275. The highest BCUT2D eigenvalue weighted by Gasteiger charge is 2.00. The molecule has 1 aromatic carbocycles. The molecule has 0 aliphatic heterocycles. The van der Waals surface area contributed by atoms with Gasteiger partial charge in [-0.25, -0.2) is 0 Å². The van der Waals surface area contributed by atoms with E-state index in [1.807, 2.05) is 19.1 Å². The largest absolute Gasteiger partial charge is 0.508 e. The molecule has 2 N–H and O–H groups in total. The van der Waals surface area contributed by atoms with Crippen molar-refractivity contribution in [1.29, 1.82) is 0 Å². The van der Waals surface area contributed by atoms with E-state index in [4.69, 9.17) is 5.11 Å². The molecule has 0 saturated heterocycles. The van der Waals surface area contributed by atoms with Crippen LogP contribution in [0.3, 0.4) is 0 Å². The maximum absolute atomic E-state index is 9.40. The Morgan fingerprint density at radius 1 is 1.38 bits per heavy atom. The van der Waals surface area contributed by atoms with E-state index in [0.717, 1.165) is 24.0 Å². The lowest BCUT2D eigenvalue weighted by Crippen LogP contribution is -2.01. The maximum Gasteiger partial charge on any atom is 0.118 e. The predicted molar refractivity (Wildman–Crippen MR) is 52.8 cm³/mol. The van der Waals surface area contributed by atoms with Crippen molar-refractivity contribution in [2.45, 2.75) is 32.8 Å². The lowest BCUT2D eigenvalue weighted by molar-refractivity contribution is 0.185.